The molecule has 1 aromatic heterocycles. The summed E-state index contributed by atoms with van der Waals surface area (Å²) in [6.45, 7) is 5.60. The Bertz CT molecular complexity index is 439. The summed E-state index contributed by atoms with van der Waals surface area (Å²) in [6.07, 6.45) is 8.70. The minimum Gasteiger partial charge on any atom is -0.350 e. The number of aromatic nitrogens is 2. The van der Waals surface area contributed by atoms with E-state index in [1.807, 2.05) is 10.8 Å². The van der Waals surface area contributed by atoms with E-state index >= 15 is 0 Å². The van der Waals surface area contributed by atoms with Gasteiger partial charge in [-0.15, -0.1) is 0 Å². The van der Waals surface area contributed by atoms with E-state index in [9.17, 15) is 4.79 Å². The Morgan fingerprint density at radius 2 is 2.18 bits per heavy atom. The van der Waals surface area contributed by atoms with Crippen LogP contribution in [0, 0.1) is 0 Å². The van der Waals surface area contributed by atoms with Crippen LogP contribution in [0.15, 0.2) is 18.7 Å². The average molecular weight is 307 g/mol. The molecule has 1 aliphatic rings. The van der Waals surface area contributed by atoms with E-state index in [4.69, 9.17) is 0 Å². The molecule has 1 amide bonds. The topological polar surface area (TPSA) is 53.4 Å². The number of imidazole rings is 1. The van der Waals surface area contributed by atoms with Crippen molar-refractivity contribution in [3.8, 4) is 0 Å². The second-order valence-electron chi connectivity index (χ2n) is 6.38. The second-order valence-corrected chi connectivity index (χ2v) is 6.38. The van der Waals surface area contributed by atoms with Gasteiger partial charge < -0.3 is 14.8 Å². The van der Waals surface area contributed by atoms with Crippen molar-refractivity contribution in [3.05, 3.63) is 18.7 Å². The van der Waals surface area contributed by atoms with E-state index < -0.39 is 0 Å². The van der Waals surface area contributed by atoms with Gasteiger partial charge in [0.2, 0.25) is 5.91 Å². The second kappa shape index (κ2) is 8.29. The van der Waals surface area contributed by atoms with Crippen LogP contribution in [-0.4, -0.2) is 71.1 Å². The first kappa shape index (κ1) is 17.0. The first-order chi connectivity index (χ1) is 10.6. The number of carbonyl (C=O) groups excluding carboxylic acids is 1. The third kappa shape index (κ3) is 5.10. The van der Waals surface area contributed by atoms with Crippen LogP contribution in [0.25, 0.3) is 0 Å². The van der Waals surface area contributed by atoms with Crippen molar-refractivity contribution in [1.82, 2.24) is 24.7 Å². The third-order valence-electron chi connectivity index (χ3n) is 4.55. The van der Waals surface area contributed by atoms with Gasteiger partial charge in [-0.2, -0.15) is 0 Å². The van der Waals surface area contributed by atoms with E-state index in [0.717, 1.165) is 38.9 Å². The van der Waals surface area contributed by atoms with Crippen molar-refractivity contribution in [1.29, 1.82) is 0 Å². The molecular formula is C16H29N5O. The van der Waals surface area contributed by atoms with Gasteiger partial charge in [-0.05, 0) is 46.4 Å². The predicted octanol–water partition coefficient (Wildman–Crippen LogP) is 0.804. The summed E-state index contributed by atoms with van der Waals surface area (Å²) in [4.78, 5) is 20.9. The molecule has 1 aromatic rings. The summed E-state index contributed by atoms with van der Waals surface area (Å²) in [5, 5.41) is 3.14. The number of hydrogen-bond acceptors (Lipinski definition) is 4. The molecule has 1 aliphatic heterocycles. The van der Waals surface area contributed by atoms with E-state index in [0.29, 0.717) is 12.6 Å². The van der Waals surface area contributed by atoms with Crippen LogP contribution >= 0.6 is 0 Å². The fourth-order valence-electron chi connectivity index (χ4n) is 2.99. The van der Waals surface area contributed by atoms with Crippen LogP contribution in [0.4, 0.5) is 0 Å². The lowest BCUT2D eigenvalue weighted by molar-refractivity contribution is -0.123. The smallest absolute Gasteiger partial charge is 0.234 e. The molecule has 2 heterocycles. The third-order valence-corrected chi connectivity index (χ3v) is 4.55. The molecule has 0 saturated carbocycles. The van der Waals surface area contributed by atoms with Gasteiger partial charge in [0.05, 0.1) is 12.9 Å². The minimum atomic E-state index is 0.119. The molecule has 22 heavy (non-hydrogen) atoms. The Labute approximate surface area is 133 Å². The molecule has 1 saturated heterocycles. The maximum absolute atomic E-state index is 12.3. The highest BCUT2D eigenvalue weighted by Crippen LogP contribution is 2.13. The lowest BCUT2D eigenvalue weighted by Gasteiger charge is -2.35. The molecule has 1 unspecified atom stereocenters. The molecule has 1 fully saturated rings. The summed E-state index contributed by atoms with van der Waals surface area (Å²) in [7, 11) is 4.22. The number of likely N-dealkylation sites (tertiary alicyclic amines) is 1. The molecule has 0 radical (unpaired) electrons. The lowest BCUT2D eigenvalue weighted by atomic mass is 10.0. The maximum Gasteiger partial charge on any atom is 0.234 e. The van der Waals surface area contributed by atoms with Crippen LogP contribution in [0.3, 0.4) is 0 Å². The summed E-state index contributed by atoms with van der Waals surface area (Å²) in [6, 6.07) is 0.684. The van der Waals surface area contributed by atoms with E-state index in [1.165, 1.54) is 0 Å². The van der Waals surface area contributed by atoms with Gasteiger partial charge in [-0.25, -0.2) is 4.98 Å². The molecule has 124 valence electrons. The van der Waals surface area contributed by atoms with E-state index in [-0.39, 0.29) is 11.9 Å². The molecule has 6 nitrogen and oxygen atoms in total. The van der Waals surface area contributed by atoms with Gasteiger partial charge in [0.15, 0.2) is 0 Å². The first-order valence-corrected chi connectivity index (χ1v) is 8.22. The van der Waals surface area contributed by atoms with Crippen molar-refractivity contribution in [2.75, 3.05) is 33.7 Å². The zero-order chi connectivity index (χ0) is 15.9. The highest BCUT2D eigenvalue weighted by molar-refractivity contribution is 5.78. The van der Waals surface area contributed by atoms with Gasteiger partial charge in [0.25, 0.3) is 0 Å². The van der Waals surface area contributed by atoms with Crippen LogP contribution in [-0.2, 0) is 11.3 Å². The zero-order valence-electron chi connectivity index (χ0n) is 14.0. The molecule has 6 heteroatoms. The largest absolute Gasteiger partial charge is 0.350 e. The van der Waals surface area contributed by atoms with Crippen LogP contribution in [0.2, 0.25) is 0 Å². The highest BCUT2D eigenvalue weighted by atomic mass is 16.2. The number of carbonyl (C=O) groups is 1. The van der Waals surface area contributed by atoms with Crippen molar-refractivity contribution >= 4 is 5.91 Å². The quantitative estimate of drug-likeness (QED) is 0.810. The standard InChI is InChI=1S/C16H29N5O/c1-4-14(11-21-10-7-17-13-21)18-16(22)12-20(3)15-5-8-19(2)9-6-15/h7,10,13-15H,4-6,8-9,11-12H2,1-3H3,(H,18,22). The zero-order valence-corrected chi connectivity index (χ0v) is 14.0. The molecule has 2 rings (SSSR count). The van der Waals surface area contributed by atoms with Crippen LogP contribution in [0.5, 0.6) is 0 Å². The van der Waals surface area contributed by atoms with E-state index in [1.54, 1.807) is 12.5 Å². The summed E-state index contributed by atoms with van der Waals surface area (Å²) < 4.78 is 2.01. The fourth-order valence-corrected chi connectivity index (χ4v) is 2.99. The number of amides is 1. The van der Waals surface area contributed by atoms with Gasteiger partial charge in [-0.1, -0.05) is 6.92 Å². The predicted molar refractivity (Wildman–Crippen MR) is 87.6 cm³/mol. The first-order valence-electron chi connectivity index (χ1n) is 8.22. The summed E-state index contributed by atoms with van der Waals surface area (Å²) in [5.41, 5.74) is 0. The van der Waals surface area contributed by atoms with Gasteiger partial charge in [-0.3, -0.25) is 9.69 Å². The number of hydrogen-bond donors (Lipinski definition) is 1. The number of nitrogens with one attached hydrogen (secondary N) is 1. The number of piperidine rings is 1. The Balaban J connectivity index is 1.75. The van der Waals surface area contributed by atoms with Crippen molar-refractivity contribution in [3.63, 3.8) is 0 Å². The molecule has 0 aliphatic carbocycles. The Hall–Kier alpha value is -1.40. The Kier molecular flexibility index (Phi) is 6.39. The van der Waals surface area contributed by atoms with E-state index in [2.05, 4.69) is 41.1 Å². The molecule has 1 atom stereocenters. The summed E-state index contributed by atoms with van der Waals surface area (Å²) >= 11 is 0. The number of likely N-dealkylation sites (N-methyl/N-ethyl adjacent to an activating group) is 1. The van der Waals surface area contributed by atoms with Crippen molar-refractivity contribution in [2.45, 2.75) is 44.8 Å². The van der Waals surface area contributed by atoms with Gasteiger partial charge in [0, 0.05) is 31.0 Å². The Morgan fingerprint density at radius 3 is 2.77 bits per heavy atom. The van der Waals surface area contributed by atoms with Gasteiger partial charge >= 0.3 is 0 Å². The maximum atomic E-state index is 12.3. The molecule has 1 N–H and O–H groups in total. The SMILES string of the molecule is CCC(Cn1ccnc1)NC(=O)CN(C)C1CCN(C)CC1. The van der Waals surface area contributed by atoms with Gasteiger partial charge in [0.1, 0.15) is 0 Å². The molecule has 0 aromatic carbocycles. The monoisotopic (exact) mass is 307 g/mol. The summed E-state index contributed by atoms with van der Waals surface area (Å²) in [5.74, 6) is 0.119. The molecule has 0 spiro atoms. The molecular weight excluding hydrogens is 278 g/mol. The Morgan fingerprint density at radius 1 is 1.45 bits per heavy atom. The normalized spacial score (nSPS) is 18.5. The molecule has 0 bridgehead atoms. The van der Waals surface area contributed by atoms with Crippen LogP contribution < -0.4 is 5.32 Å². The van der Waals surface area contributed by atoms with Crippen molar-refractivity contribution in [2.24, 2.45) is 0 Å². The highest BCUT2D eigenvalue weighted by Gasteiger charge is 2.22. The number of rotatable bonds is 7. The average Bonchev–Trinajstić information content (AvgIpc) is 3.00. The number of nitrogens with zero attached hydrogens (tertiary/aromatic N) is 4. The minimum absolute atomic E-state index is 0.119. The van der Waals surface area contributed by atoms with Crippen molar-refractivity contribution < 1.29 is 4.79 Å². The van der Waals surface area contributed by atoms with Crippen LogP contribution in [0.1, 0.15) is 26.2 Å². The fraction of sp³-hybridized carbons (Fsp3) is 0.750. The lowest BCUT2D eigenvalue weighted by Crippen LogP contribution is -2.47.